The molecule has 0 bridgehead atoms. The molecule has 0 radical (unpaired) electrons. The number of nitrogens with zero attached hydrogens (tertiary/aromatic N) is 3. The number of rotatable bonds is 33. The minimum Gasteiger partial charge on any atom is -0.507 e. The summed E-state index contributed by atoms with van der Waals surface area (Å²) in [5.74, 6) is -4.67. The van der Waals surface area contributed by atoms with Gasteiger partial charge in [-0.2, -0.15) is 0 Å². The Kier molecular flexibility index (Phi) is 31.0. The summed E-state index contributed by atoms with van der Waals surface area (Å²) in [4.78, 5) is 70.8. The molecule has 0 atom stereocenters. The third kappa shape index (κ3) is 19.2. The van der Waals surface area contributed by atoms with Gasteiger partial charge in [-0.1, -0.05) is 53.0 Å². The molecule has 6 aromatic rings. The molecule has 0 fully saturated rings. The summed E-state index contributed by atoms with van der Waals surface area (Å²) in [5, 5.41) is 94.5. The molecular formula is C66H72Cl3N3O27. The highest BCUT2D eigenvalue weighted by atomic mass is 35.5. The number of allylic oxidation sites excluding steroid dienone is 3. The van der Waals surface area contributed by atoms with E-state index >= 15 is 0 Å². The summed E-state index contributed by atoms with van der Waals surface area (Å²) in [6.45, 7) is 9.98. The topological polar surface area (TPSA) is 413 Å². The SMILES string of the molecule is C=CCCc1c(Cl)c(O)cc(O)c1C(=O)OCCCc1c(OC)c(OC)cc([N+](=O)[O-])c1OC.C=CCCc1c(Cl)c(O)cc(O)c1C(=O)OCCc1c(OC)c(OC)cc([N+](=O)[O-])c1OC.C=CCCc1c(Cl)c(O)cc(O)c1C(=O)OCc1c(OC)c(OC)cc([N+](=O)[O-])c1OC. The van der Waals surface area contributed by atoms with E-state index in [0.717, 1.165) is 24.3 Å². The quantitative estimate of drug-likeness (QED) is 0.00556. The van der Waals surface area contributed by atoms with Crippen LogP contribution in [0.1, 0.15) is 90.1 Å². The normalized spacial score (nSPS) is 10.4. The molecule has 30 nitrogen and oxygen atoms in total. The van der Waals surface area contributed by atoms with Crippen LogP contribution in [0.3, 0.4) is 0 Å². The third-order valence-electron chi connectivity index (χ3n) is 14.4. The average molecular weight is 1450 g/mol. The first-order valence-corrected chi connectivity index (χ1v) is 30.2. The fourth-order valence-corrected chi connectivity index (χ4v) is 10.7. The molecule has 0 saturated carbocycles. The Morgan fingerprint density at radius 1 is 0.384 bits per heavy atom. The Morgan fingerprint density at radius 3 is 0.960 bits per heavy atom. The number of nitro benzene ring substituents is 3. The summed E-state index contributed by atoms with van der Waals surface area (Å²) in [6.07, 6.45) is 7.21. The maximum absolute atomic E-state index is 12.9. The van der Waals surface area contributed by atoms with Gasteiger partial charge in [-0.15, -0.1) is 19.7 Å². The summed E-state index contributed by atoms with van der Waals surface area (Å²) in [5.41, 5.74) is -0.296. The molecule has 33 heteroatoms. The van der Waals surface area contributed by atoms with Crippen LogP contribution in [0.2, 0.25) is 15.1 Å². The highest BCUT2D eigenvalue weighted by Gasteiger charge is 2.33. The number of ether oxygens (including phenoxy) is 12. The van der Waals surface area contributed by atoms with Crippen molar-refractivity contribution in [3.05, 3.63) is 170 Å². The van der Waals surface area contributed by atoms with Gasteiger partial charge in [-0.05, 0) is 68.1 Å². The van der Waals surface area contributed by atoms with Gasteiger partial charge in [0.05, 0.1) is 136 Å². The lowest BCUT2D eigenvalue weighted by atomic mass is 10.0. The summed E-state index contributed by atoms with van der Waals surface area (Å²) >= 11 is 18.4. The molecule has 0 aliphatic rings. The van der Waals surface area contributed by atoms with Crippen LogP contribution in [-0.2, 0) is 52.9 Å². The number of halogens is 3. The van der Waals surface area contributed by atoms with E-state index in [2.05, 4.69) is 19.7 Å². The van der Waals surface area contributed by atoms with Gasteiger partial charge >= 0.3 is 35.0 Å². The highest BCUT2D eigenvalue weighted by Crippen LogP contribution is 2.49. The van der Waals surface area contributed by atoms with Crippen LogP contribution >= 0.6 is 34.8 Å². The van der Waals surface area contributed by atoms with Crippen molar-refractivity contribution in [1.82, 2.24) is 0 Å². The lowest BCUT2D eigenvalue weighted by molar-refractivity contribution is -0.386. The van der Waals surface area contributed by atoms with Gasteiger partial charge in [0.25, 0.3) is 0 Å². The second-order valence-electron chi connectivity index (χ2n) is 20.1. The molecule has 0 heterocycles. The molecule has 0 aliphatic carbocycles. The third-order valence-corrected chi connectivity index (χ3v) is 15.7. The zero-order valence-corrected chi connectivity index (χ0v) is 57.3. The Hall–Kier alpha value is -11.0. The Bertz CT molecular complexity index is 4010. The lowest BCUT2D eigenvalue weighted by Crippen LogP contribution is -2.13. The highest BCUT2D eigenvalue weighted by molar-refractivity contribution is 6.34. The largest absolute Gasteiger partial charge is 0.507 e. The van der Waals surface area contributed by atoms with E-state index in [4.69, 9.17) is 91.6 Å². The van der Waals surface area contributed by atoms with Gasteiger partial charge in [0.1, 0.15) is 57.8 Å². The predicted molar refractivity (Wildman–Crippen MR) is 360 cm³/mol. The number of phenolic OH excluding ortho intramolecular Hbond substituents is 6. The molecule has 0 amide bonds. The molecule has 0 unspecified atom stereocenters. The van der Waals surface area contributed by atoms with Crippen LogP contribution in [0.25, 0.3) is 0 Å². The van der Waals surface area contributed by atoms with Crippen molar-refractivity contribution in [3.8, 4) is 86.2 Å². The number of hydrogen-bond acceptors (Lipinski definition) is 27. The zero-order valence-electron chi connectivity index (χ0n) is 55.0. The molecule has 6 rings (SSSR count). The van der Waals surface area contributed by atoms with Crippen LogP contribution in [0.4, 0.5) is 17.1 Å². The fourth-order valence-electron chi connectivity index (χ4n) is 9.98. The number of benzene rings is 6. The number of methoxy groups -OCH3 is 9. The molecule has 6 N–H and O–H groups in total. The molecule has 0 spiro atoms. The van der Waals surface area contributed by atoms with Crippen molar-refractivity contribution >= 4 is 69.8 Å². The van der Waals surface area contributed by atoms with Gasteiger partial charge in [-0.3, -0.25) is 30.3 Å². The maximum atomic E-state index is 12.9. The summed E-state index contributed by atoms with van der Waals surface area (Å²) < 4.78 is 63.1. The molecule has 534 valence electrons. The Labute approximate surface area is 581 Å². The van der Waals surface area contributed by atoms with Crippen molar-refractivity contribution in [2.24, 2.45) is 0 Å². The van der Waals surface area contributed by atoms with Gasteiger partial charge < -0.3 is 87.5 Å². The Morgan fingerprint density at radius 2 is 0.667 bits per heavy atom. The second kappa shape index (κ2) is 38.1. The molecule has 0 aromatic heterocycles. The van der Waals surface area contributed by atoms with Gasteiger partial charge in [0, 0.05) is 30.2 Å². The van der Waals surface area contributed by atoms with Crippen LogP contribution in [0.15, 0.2) is 74.4 Å². The standard InChI is InChI=1S/C23H26ClNO9.C22H24ClNO9.C21H22ClNO9/c1-5-6-8-13-19(16(26)12-17(27)20(13)24)23(28)34-10-7-9-14-21(32-3)15(25(29)30)11-18(31-2)22(14)33-4;1-5-6-7-12-18(15(25)11-16(26)19(12)23)22(27)33-9-8-13-20(31-3)14(24(28)29)10-17(30-2)21(13)32-4;1-5-6-7-11-17(14(24)9-15(25)18(11)22)21(26)32-10-12-19(30-3)13(23(27)28)8-16(29-2)20(12)31-4/h5,11-12,26-27H,1,6-10H2,2-4H3;5,10-11,25-26H,1,6-9H2,2-4H3;5,8-9,24-25H,1,6-7,10H2,2-4H3. The average Bonchev–Trinajstić information content (AvgIpc) is 0.848. The monoisotopic (exact) mass is 1440 g/mol. The maximum Gasteiger partial charge on any atom is 0.342 e. The smallest absolute Gasteiger partial charge is 0.342 e. The number of esters is 3. The van der Waals surface area contributed by atoms with E-state index in [-0.39, 0.29) is 186 Å². The van der Waals surface area contributed by atoms with Gasteiger partial charge in [-0.25, -0.2) is 14.4 Å². The molecule has 6 aromatic carbocycles. The Balaban J connectivity index is 0.000000315. The van der Waals surface area contributed by atoms with Gasteiger partial charge in [0.15, 0.2) is 34.5 Å². The number of phenols is 6. The van der Waals surface area contributed by atoms with Crippen LogP contribution in [0, 0.1) is 30.3 Å². The van der Waals surface area contributed by atoms with E-state index in [1.54, 1.807) is 18.2 Å². The number of carbonyl (C=O) groups excluding carboxylic acids is 3. The molecule has 0 saturated heterocycles. The van der Waals surface area contributed by atoms with E-state index in [1.807, 2.05) is 0 Å². The van der Waals surface area contributed by atoms with E-state index in [9.17, 15) is 75.4 Å². The minimum atomic E-state index is -0.974. The van der Waals surface area contributed by atoms with Crippen molar-refractivity contribution in [1.29, 1.82) is 0 Å². The van der Waals surface area contributed by atoms with Crippen molar-refractivity contribution in [3.63, 3.8) is 0 Å². The zero-order chi connectivity index (χ0) is 74.1. The number of carbonyl (C=O) groups is 3. The van der Waals surface area contributed by atoms with Crippen LogP contribution in [0.5, 0.6) is 86.2 Å². The lowest BCUT2D eigenvalue weighted by Gasteiger charge is -2.17. The van der Waals surface area contributed by atoms with Crippen molar-refractivity contribution < 1.29 is 117 Å². The van der Waals surface area contributed by atoms with Crippen molar-refractivity contribution in [2.45, 2.75) is 64.4 Å². The first kappa shape index (κ1) is 80.5. The first-order chi connectivity index (χ1) is 47.1. The van der Waals surface area contributed by atoms with Gasteiger partial charge in [0.2, 0.25) is 17.2 Å². The second-order valence-corrected chi connectivity index (χ2v) is 21.3. The molecule has 99 heavy (non-hydrogen) atoms. The summed E-state index contributed by atoms with van der Waals surface area (Å²) in [7, 11) is 11.9. The van der Waals surface area contributed by atoms with Crippen LogP contribution in [-0.4, -0.2) is 141 Å². The predicted octanol–water partition coefficient (Wildman–Crippen LogP) is 13.0. The molecular weight excluding hydrogens is 1370 g/mol. The van der Waals surface area contributed by atoms with E-state index in [1.165, 1.54) is 76.1 Å². The number of aromatic hydroxyl groups is 6. The van der Waals surface area contributed by atoms with E-state index < -0.39 is 68.0 Å². The number of nitro groups is 3. The van der Waals surface area contributed by atoms with Crippen molar-refractivity contribution in [2.75, 3.05) is 77.2 Å². The van der Waals surface area contributed by atoms with E-state index in [0.29, 0.717) is 24.8 Å². The first-order valence-electron chi connectivity index (χ1n) is 29.1. The van der Waals surface area contributed by atoms with Crippen LogP contribution < -0.4 is 42.6 Å². The minimum absolute atomic E-state index is 0.0173. The number of hydrogen-bond donors (Lipinski definition) is 6. The summed E-state index contributed by atoms with van der Waals surface area (Å²) in [6, 6.07) is 6.37. The fraction of sp³-hybridized carbons (Fsp3) is 0.318. The molecule has 0 aliphatic heterocycles.